The molecule has 1 fully saturated rings. The van der Waals surface area contributed by atoms with Gasteiger partial charge in [-0.3, -0.25) is 9.20 Å². The fourth-order valence-electron chi connectivity index (χ4n) is 4.36. The Balaban J connectivity index is 0.000000448. The number of rotatable bonds is 7. The molecule has 0 unspecified atom stereocenters. The van der Waals surface area contributed by atoms with Gasteiger partial charge in [-0.2, -0.15) is 13.2 Å². The van der Waals surface area contributed by atoms with Gasteiger partial charge in [0.1, 0.15) is 11.5 Å². The summed E-state index contributed by atoms with van der Waals surface area (Å²) in [6.07, 6.45) is 1.36. The van der Waals surface area contributed by atoms with Crippen molar-refractivity contribution in [2.45, 2.75) is 32.5 Å². The van der Waals surface area contributed by atoms with Crippen molar-refractivity contribution in [3.05, 3.63) is 78.0 Å². The number of carbonyl (C=O) groups excluding carboxylic acids is 1. The van der Waals surface area contributed by atoms with Gasteiger partial charge in [0, 0.05) is 32.0 Å². The van der Waals surface area contributed by atoms with E-state index in [2.05, 4.69) is 26.9 Å². The quantitative estimate of drug-likeness (QED) is 0.366. The molecule has 2 N–H and O–H groups in total. The van der Waals surface area contributed by atoms with Gasteiger partial charge in [0.25, 0.3) is 5.91 Å². The van der Waals surface area contributed by atoms with Crippen LogP contribution in [0, 0.1) is 6.92 Å². The summed E-state index contributed by atoms with van der Waals surface area (Å²) < 4.78 is 35.8. The Hall–Kier alpha value is -4.19. The Labute approximate surface area is 222 Å². The minimum atomic E-state index is -5.08. The SMILES string of the molecule is Cc1nc(-c2nc(C(=O)NCCN3CCCC3)c3ccccn23)cn1Cc1ccccc1.O=C(O)C(F)(F)F. The highest BCUT2D eigenvalue weighted by Gasteiger charge is 2.38. The summed E-state index contributed by atoms with van der Waals surface area (Å²) >= 11 is 0. The highest BCUT2D eigenvalue weighted by molar-refractivity contribution is 6.00. The van der Waals surface area contributed by atoms with Crippen LogP contribution >= 0.6 is 0 Å². The van der Waals surface area contributed by atoms with E-state index < -0.39 is 12.1 Å². The molecule has 0 atom stereocenters. The average molecular weight is 543 g/mol. The Morgan fingerprint density at radius 1 is 1.03 bits per heavy atom. The number of imidazole rings is 2. The molecular formula is C27H29F3N6O3. The van der Waals surface area contributed by atoms with Crippen molar-refractivity contribution in [3.8, 4) is 11.5 Å². The molecule has 0 saturated carbocycles. The molecule has 1 saturated heterocycles. The number of benzene rings is 1. The lowest BCUT2D eigenvalue weighted by atomic mass is 10.2. The molecule has 12 heteroatoms. The third-order valence-electron chi connectivity index (χ3n) is 6.32. The first-order valence-electron chi connectivity index (χ1n) is 12.5. The summed E-state index contributed by atoms with van der Waals surface area (Å²) in [5.74, 6) is -1.31. The normalized spacial score (nSPS) is 13.7. The van der Waals surface area contributed by atoms with E-state index in [0.29, 0.717) is 18.1 Å². The van der Waals surface area contributed by atoms with E-state index >= 15 is 0 Å². The van der Waals surface area contributed by atoms with E-state index in [9.17, 15) is 18.0 Å². The van der Waals surface area contributed by atoms with Crippen LogP contribution in [0.15, 0.2) is 60.9 Å². The zero-order chi connectivity index (χ0) is 28.0. The number of fused-ring (bicyclic) bond motifs is 1. The second-order valence-electron chi connectivity index (χ2n) is 9.13. The van der Waals surface area contributed by atoms with Gasteiger partial charge in [-0.1, -0.05) is 36.4 Å². The smallest absolute Gasteiger partial charge is 0.475 e. The highest BCUT2D eigenvalue weighted by atomic mass is 19.4. The number of nitrogens with one attached hydrogen (secondary N) is 1. The van der Waals surface area contributed by atoms with Crippen molar-refractivity contribution >= 4 is 17.4 Å². The number of hydrogen-bond donors (Lipinski definition) is 2. The zero-order valence-electron chi connectivity index (χ0n) is 21.4. The van der Waals surface area contributed by atoms with E-state index in [4.69, 9.17) is 19.9 Å². The average Bonchev–Trinajstić information content (AvgIpc) is 3.64. The van der Waals surface area contributed by atoms with Crippen LogP contribution < -0.4 is 5.32 Å². The van der Waals surface area contributed by atoms with Crippen LogP contribution in [0.1, 0.15) is 34.7 Å². The number of pyridine rings is 1. The number of carboxylic acid groups (broad SMARTS) is 1. The molecule has 0 bridgehead atoms. The van der Waals surface area contributed by atoms with Crippen molar-refractivity contribution in [2.24, 2.45) is 0 Å². The standard InChI is InChI=1S/C25H28N6O.C2HF3O2/c1-19-27-21(18-30(19)17-20-9-3-2-4-10-20)24-28-23(22-11-5-6-15-31(22)24)25(32)26-12-16-29-13-7-8-14-29;3-2(4,5)1(6)7/h2-6,9-11,15,18H,7-8,12-14,16-17H2,1H3,(H,26,32);(H,6,7). The molecule has 0 spiro atoms. The molecule has 1 aliphatic heterocycles. The summed E-state index contributed by atoms with van der Waals surface area (Å²) in [6.45, 7) is 6.50. The predicted molar refractivity (Wildman–Crippen MR) is 138 cm³/mol. The van der Waals surface area contributed by atoms with Crippen LogP contribution in [0.3, 0.4) is 0 Å². The fraction of sp³-hybridized carbons (Fsp3) is 0.333. The van der Waals surface area contributed by atoms with Crippen molar-refractivity contribution < 1.29 is 27.9 Å². The molecule has 1 aliphatic rings. The molecule has 5 rings (SSSR count). The Morgan fingerprint density at radius 3 is 2.36 bits per heavy atom. The predicted octanol–water partition coefficient (Wildman–Crippen LogP) is 4.01. The molecule has 4 heterocycles. The van der Waals surface area contributed by atoms with Crippen molar-refractivity contribution in [1.82, 2.24) is 29.2 Å². The summed E-state index contributed by atoms with van der Waals surface area (Å²) in [4.78, 5) is 33.7. The van der Waals surface area contributed by atoms with E-state index in [-0.39, 0.29) is 5.91 Å². The Bertz CT molecular complexity index is 1430. The molecular weight excluding hydrogens is 513 g/mol. The van der Waals surface area contributed by atoms with E-state index in [1.165, 1.54) is 18.4 Å². The molecule has 3 aromatic heterocycles. The maximum atomic E-state index is 13.0. The first-order valence-corrected chi connectivity index (χ1v) is 12.5. The molecule has 0 aliphatic carbocycles. The number of halogens is 3. The van der Waals surface area contributed by atoms with Crippen molar-refractivity contribution in [1.29, 1.82) is 0 Å². The van der Waals surface area contributed by atoms with Gasteiger partial charge in [0.05, 0.1) is 5.52 Å². The largest absolute Gasteiger partial charge is 0.490 e. The number of aryl methyl sites for hydroxylation is 1. The number of carboxylic acids is 1. The number of aliphatic carboxylic acids is 1. The third-order valence-corrected chi connectivity index (χ3v) is 6.32. The van der Waals surface area contributed by atoms with Crippen LogP contribution in [0.25, 0.3) is 17.0 Å². The zero-order valence-corrected chi connectivity index (χ0v) is 21.4. The molecule has 4 aromatic rings. The lowest BCUT2D eigenvalue weighted by Gasteiger charge is -2.14. The van der Waals surface area contributed by atoms with Gasteiger partial charge in [0.2, 0.25) is 0 Å². The van der Waals surface area contributed by atoms with Gasteiger partial charge < -0.3 is 19.9 Å². The Kier molecular flexibility index (Phi) is 8.65. The van der Waals surface area contributed by atoms with Gasteiger partial charge in [-0.15, -0.1) is 0 Å². The van der Waals surface area contributed by atoms with E-state index in [1.54, 1.807) is 0 Å². The summed E-state index contributed by atoms with van der Waals surface area (Å²) in [5.41, 5.74) is 3.20. The fourth-order valence-corrected chi connectivity index (χ4v) is 4.36. The van der Waals surface area contributed by atoms with Crippen LogP contribution in [0.2, 0.25) is 0 Å². The van der Waals surface area contributed by atoms with Crippen LogP contribution in [0.5, 0.6) is 0 Å². The van der Waals surface area contributed by atoms with E-state index in [0.717, 1.165) is 43.2 Å². The summed E-state index contributed by atoms with van der Waals surface area (Å²) in [7, 11) is 0. The van der Waals surface area contributed by atoms with Crippen LogP contribution in [-0.4, -0.2) is 73.2 Å². The number of nitrogens with zero attached hydrogens (tertiary/aromatic N) is 5. The third kappa shape index (κ3) is 7.02. The lowest BCUT2D eigenvalue weighted by Crippen LogP contribution is -2.33. The molecule has 1 amide bonds. The van der Waals surface area contributed by atoms with Gasteiger partial charge >= 0.3 is 12.1 Å². The second-order valence-corrected chi connectivity index (χ2v) is 9.13. The number of aromatic nitrogens is 4. The van der Waals surface area contributed by atoms with Gasteiger partial charge in [0.15, 0.2) is 11.5 Å². The minimum absolute atomic E-state index is 0.139. The van der Waals surface area contributed by atoms with Crippen molar-refractivity contribution in [3.63, 3.8) is 0 Å². The minimum Gasteiger partial charge on any atom is -0.475 e. The lowest BCUT2D eigenvalue weighted by molar-refractivity contribution is -0.192. The molecule has 0 radical (unpaired) electrons. The topological polar surface area (TPSA) is 105 Å². The van der Waals surface area contributed by atoms with Gasteiger partial charge in [-0.05, 0) is 50.6 Å². The van der Waals surface area contributed by atoms with E-state index in [1.807, 2.05) is 60.1 Å². The number of likely N-dealkylation sites (tertiary alicyclic amines) is 1. The number of carbonyl (C=O) groups is 2. The van der Waals surface area contributed by atoms with Crippen molar-refractivity contribution in [2.75, 3.05) is 26.2 Å². The monoisotopic (exact) mass is 542 g/mol. The highest BCUT2D eigenvalue weighted by Crippen LogP contribution is 2.23. The van der Waals surface area contributed by atoms with Crippen LogP contribution in [-0.2, 0) is 11.3 Å². The number of alkyl halides is 3. The van der Waals surface area contributed by atoms with Crippen LogP contribution in [0.4, 0.5) is 13.2 Å². The first kappa shape index (κ1) is 27.8. The molecule has 9 nitrogen and oxygen atoms in total. The second kappa shape index (κ2) is 12.1. The first-order chi connectivity index (χ1) is 18.6. The number of hydrogen-bond acceptors (Lipinski definition) is 5. The maximum absolute atomic E-state index is 13.0. The summed E-state index contributed by atoms with van der Waals surface area (Å²) in [6, 6.07) is 16.1. The molecule has 39 heavy (non-hydrogen) atoms. The van der Waals surface area contributed by atoms with Gasteiger partial charge in [-0.25, -0.2) is 14.8 Å². The molecule has 206 valence electrons. The number of amides is 1. The molecule has 1 aromatic carbocycles. The maximum Gasteiger partial charge on any atom is 0.490 e. The summed E-state index contributed by atoms with van der Waals surface area (Å²) in [5, 5.41) is 10.2. The Morgan fingerprint density at radius 2 is 1.69 bits per heavy atom.